The minimum Gasteiger partial charge on any atom is -0.482 e. The van der Waals surface area contributed by atoms with Crippen LogP contribution in [0, 0.1) is 5.82 Å². The first-order chi connectivity index (χ1) is 12.9. The fourth-order valence-corrected chi connectivity index (χ4v) is 3.25. The molecule has 5 nitrogen and oxygen atoms in total. The summed E-state index contributed by atoms with van der Waals surface area (Å²) in [5, 5.41) is 3.49. The Kier molecular flexibility index (Phi) is 6.42. The van der Waals surface area contributed by atoms with Crippen LogP contribution >= 0.6 is 23.2 Å². The van der Waals surface area contributed by atoms with E-state index in [1.54, 1.807) is 12.1 Å². The number of hydrogen-bond donors (Lipinski definition) is 1. The molecule has 1 fully saturated rings. The molecule has 0 saturated carbocycles. The summed E-state index contributed by atoms with van der Waals surface area (Å²) in [6.45, 7) is 3.37. The van der Waals surface area contributed by atoms with Gasteiger partial charge in [0.15, 0.2) is 6.61 Å². The first-order valence-electron chi connectivity index (χ1n) is 8.53. The molecule has 0 atom stereocenters. The van der Waals surface area contributed by atoms with Gasteiger partial charge in [-0.25, -0.2) is 4.39 Å². The molecular weight excluding hydrogens is 392 g/mol. The van der Waals surface area contributed by atoms with E-state index in [1.165, 1.54) is 12.1 Å². The van der Waals surface area contributed by atoms with Crippen LogP contribution in [-0.4, -0.2) is 50.6 Å². The molecule has 0 spiro atoms. The normalized spacial score (nSPS) is 14.9. The fraction of sp³-hybridized carbons (Fsp3) is 0.316. The molecule has 0 bridgehead atoms. The van der Waals surface area contributed by atoms with E-state index in [2.05, 4.69) is 22.2 Å². The second-order valence-corrected chi connectivity index (χ2v) is 7.21. The average Bonchev–Trinajstić information content (AvgIpc) is 2.62. The minimum atomic E-state index is -0.465. The Labute approximate surface area is 167 Å². The van der Waals surface area contributed by atoms with Gasteiger partial charge in [-0.3, -0.25) is 4.79 Å². The predicted octanol–water partition coefficient (Wildman–Crippen LogP) is 3.90. The summed E-state index contributed by atoms with van der Waals surface area (Å²) in [5.41, 5.74) is 1.55. The lowest BCUT2D eigenvalue weighted by atomic mass is 10.2. The molecule has 1 heterocycles. The number of amides is 1. The zero-order valence-electron chi connectivity index (χ0n) is 14.8. The molecule has 1 saturated heterocycles. The number of hydrogen-bond acceptors (Lipinski definition) is 4. The van der Waals surface area contributed by atoms with Crippen molar-refractivity contribution in [3.63, 3.8) is 0 Å². The van der Waals surface area contributed by atoms with Crippen LogP contribution in [0.3, 0.4) is 0 Å². The number of nitrogens with one attached hydrogen (secondary N) is 1. The molecule has 0 radical (unpaired) electrons. The molecule has 3 rings (SSSR count). The Balaban J connectivity index is 1.67. The first kappa shape index (κ1) is 19.7. The van der Waals surface area contributed by atoms with Gasteiger partial charge in [0.25, 0.3) is 5.91 Å². The SMILES string of the molecule is CN1CCN(c2ccc(Cl)cc2NC(=O)COc2ccc(F)cc2Cl)CC1. The van der Waals surface area contributed by atoms with Gasteiger partial charge < -0.3 is 19.9 Å². The average molecular weight is 412 g/mol. The van der Waals surface area contributed by atoms with Crippen molar-refractivity contribution in [3.05, 3.63) is 52.3 Å². The number of carbonyl (C=O) groups is 1. The summed E-state index contributed by atoms with van der Waals surface area (Å²) in [7, 11) is 2.08. The van der Waals surface area contributed by atoms with Crippen molar-refractivity contribution in [1.29, 1.82) is 0 Å². The number of anilines is 2. The lowest BCUT2D eigenvalue weighted by molar-refractivity contribution is -0.118. The molecule has 2 aromatic carbocycles. The molecule has 1 N–H and O–H groups in total. The lowest BCUT2D eigenvalue weighted by Gasteiger charge is -2.35. The van der Waals surface area contributed by atoms with E-state index in [1.807, 2.05) is 6.07 Å². The largest absolute Gasteiger partial charge is 0.482 e. The zero-order chi connectivity index (χ0) is 19.4. The topological polar surface area (TPSA) is 44.8 Å². The molecule has 1 aliphatic heterocycles. The van der Waals surface area contributed by atoms with E-state index in [0.717, 1.165) is 37.9 Å². The van der Waals surface area contributed by atoms with Crippen molar-refractivity contribution < 1.29 is 13.9 Å². The molecule has 1 amide bonds. The number of ether oxygens (including phenoxy) is 1. The number of likely N-dealkylation sites (N-methyl/N-ethyl adjacent to an activating group) is 1. The van der Waals surface area contributed by atoms with Gasteiger partial charge in [-0.05, 0) is 43.4 Å². The number of benzene rings is 2. The number of piperazine rings is 1. The summed E-state index contributed by atoms with van der Waals surface area (Å²) in [4.78, 5) is 16.8. The zero-order valence-corrected chi connectivity index (χ0v) is 16.4. The Hall–Kier alpha value is -2.02. The van der Waals surface area contributed by atoms with Crippen LogP contribution in [0.25, 0.3) is 0 Å². The molecule has 0 aromatic heterocycles. The van der Waals surface area contributed by atoms with Crippen molar-refractivity contribution in [2.75, 3.05) is 50.1 Å². The van der Waals surface area contributed by atoms with Crippen LogP contribution < -0.4 is 15.0 Å². The summed E-state index contributed by atoms with van der Waals surface area (Å²) >= 11 is 12.0. The molecule has 1 aliphatic rings. The monoisotopic (exact) mass is 411 g/mol. The highest BCUT2D eigenvalue weighted by Crippen LogP contribution is 2.30. The van der Waals surface area contributed by atoms with Gasteiger partial charge >= 0.3 is 0 Å². The van der Waals surface area contributed by atoms with E-state index in [-0.39, 0.29) is 23.3 Å². The number of rotatable bonds is 5. The molecule has 27 heavy (non-hydrogen) atoms. The van der Waals surface area contributed by atoms with Crippen molar-refractivity contribution >= 4 is 40.5 Å². The van der Waals surface area contributed by atoms with E-state index >= 15 is 0 Å². The highest BCUT2D eigenvalue weighted by molar-refractivity contribution is 6.32. The maximum atomic E-state index is 13.1. The summed E-state index contributed by atoms with van der Waals surface area (Å²) in [6, 6.07) is 9.18. The maximum Gasteiger partial charge on any atom is 0.262 e. The number of nitrogens with zero attached hydrogens (tertiary/aromatic N) is 2. The third-order valence-electron chi connectivity index (χ3n) is 4.33. The van der Waals surface area contributed by atoms with Crippen LogP contribution in [0.5, 0.6) is 5.75 Å². The van der Waals surface area contributed by atoms with Gasteiger partial charge in [-0.15, -0.1) is 0 Å². The van der Waals surface area contributed by atoms with E-state index in [9.17, 15) is 9.18 Å². The smallest absolute Gasteiger partial charge is 0.262 e. The molecule has 8 heteroatoms. The minimum absolute atomic E-state index is 0.115. The third kappa shape index (κ3) is 5.25. The van der Waals surface area contributed by atoms with Crippen LogP contribution in [0.2, 0.25) is 10.0 Å². The Morgan fingerprint density at radius 2 is 1.89 bits per heavy atom. The summed E-state index contributed by atoms with van der Waals surface area (Å²) < 4.78 is 18.5. The van der Waals surface area contributed by atoms with Crippen molar-refractivity contribution in [2.24, 2.45) is 0 Å². The molecule has 0 unspecified atom stereocenters. The highest BCUT2D eigenvalue weighted by Gasteiger charge is 2.18. The number of carbonyl (C=O) groups excluding carboxylic acids is 1. The first-order valence-corrected chi connectivity index (χ1v) is 9.29. The highest BCUT2D eigenvalue weighted by atomic mass is 35.5. The van der Waals surface area contributed by atoms with E-state index in [0.29, 0.717) is 10.7 Å². The van der Waals surface area contributed by atoms with Gasteiger partial charge in [0.05, 0.1) is 16.4 Å². The van der Waals surface area contributed by atoms with Crippen LogP contribution in [0.15, 0.2) is 36.4 Å². The molecule has 144 valence electrons. The number of halogens is 3. The van der Waals surface area contributed by atoms with Crippen molar-refractivity contribution in [2.45, 2.75) is 0 Å². The Bertz CT molecular complexity index is 827. The van der Waals surface area contributed by atoms with Gasteiger partial charge in [-0.1, -0.05) is 23.2 Å². The van der Waals surface area contributed by atoms with Gasteiger partial charge in [-0.2, -0.15) is 0 Å². The summed E-state index contributed by atoms with van der Waals surface area (Å²) in [5.74, 6) is -0.570. The fourth-order valence-electron chi connectivity index (χ4n) is 2.85. The van der Waals surface area contributed by atoms with Crippen molar-refractivity contribution in [3.8, 4) is 5.75 Å². The quantitative estimate of drug-likeness (QED) is 0.809. The van der Waals surface area contributed by atoms with Gasteiger partial charge in [0.1, 0.15) is 11.6 Å². The maximum absolute atomic E-state index is 13.1. The Morgan fingerprint density at radius 3 is 2.59 bits per heavy atom. The van der Waals surface area contributed by atoms with Crippen LogP contribution in [0.1, 0.15) is 0 Å². The van der Waals surface area contributed by atoms with Crippen LogP contribution in [0.4, 0.5) is 15.8 Å². The second-order valence-electron chi connectivity index (χ2n) is 6.36. The second kappa shape index (κ2) is 8.78. The third-order valence-corrected chi connectivity index (χ3v) is 4.86. The van der Waals surface area contributed by atoms with Gasteiger partial charge in [0.2, 0.25) is 0 Å². The standard InChI is InChI=1S/C19H20Cl2FN3O2/c1-24-6-8-25(9-7-24)17-4-2-13(20)10-16(17)23-19(26)12-27-18-5-3-14(22)11-15(18)21/h2-5,10-11H,6-9,12H2,1H3,(H,23,26). The van der Waals surface area contributed by atoms with Crippen LogP contribution in [-0.2, 0) is 4.79 Å². The van der Waals surface area contributed by atoms with Gasteiger partial charge in [0, 0.05) is 31.2 Å². The lowest BCUT2D eigenvalue weighted by Crippen LogP contribution is -2.44. The summed E-state index contributed by atoms with van der Waals surface area (Å²) in [6.07, 6.45) is 0. The Morgan fingerprint density at radius 1 is 1.15 bits per heavy atom. The van der Waals surface area contributed by atoms with E-state index < -0.39 is 5.82 Å². The molecule has 0 aliphatic carbocycles. The molecule has 2 aromatic rings. The van der Waals surface area contributed by atoms with E-state index in [4.69, 9.17) is 27.9 Å². The van der Waals surface area contributed by atoms with Crippen molar-refractivity contribution in [1.82, 2.24) is 4.90 Å². The predicted molar refractivity (Wildman–Crippen MR) is 107 cm³/mol. The molecular formula is C19H20Cl2FN3O2.